The van der Waals surface area contributed by atoms with Gasteiger partial charge in [0.2, 0.25) is 0 Å². The molecule has 2 radical (unpaired) electrons. The molecule has 1 aliphatic rings. The van der Waals surface area contributed by atoms with Gasteiger partial charge in [0.05, 0.1) is 7.85 Å². The molecule has 0 unspecified atom stereocenters. The second-order valence-electron chi connectivity index (χ2n) is 2.64. The monoisotopic (exact) mass is 109 g/mol. The first-order valence-electron chi connectivity index (χ1n) is 3.23. The zero-order chi connectivity index (χ0) is 5.98. The normalized spacial score (nSPS) is 26.1. The van der Waals surface area contributed by atoms with Gasteiger partial charge in [0.1, 0.15) is 0 Å². The first kappa shape index (κ1) is 6.15. The van der Waals surface area contributed by atoms with Crippen molar-refractivity contribution in [2.24, 2.45) is 0 Å². The second kappa shape index (κ2) is 2.54. The van der Waals surface area contributed by atoms with Gasteiger partial charge in [-0.15, -0.1) is 0 Å². The second-order valence-corrected chi connectivity index (χ2v) is 2.64. The summed E-state index contributed by atoms with van der Waals surface area (Å²) in [7, 11) is 7.82. The maximum atomic E-state index is 5.67. The van der Waals surface area contributed by atoms with Gasteiger partial charge < -0.3 is 4.90 Å². The van der Waals surface area contributed by atoms with E-state index in [0.29, 0.717) is 5.82 Å². The van der Waals surface area contributed by atoms with E-state index in [4.69, 9.17) is 7.85 Å². The summed E-state index contributed by atoms with van der Waals surface area (Å²) in [5.74, 6) is 0.478. The molecule has 8 heavy (non-hydrogen) atoms. The Bertz CT molecular complexity index is 56.9. The number of rotatable bonds is 0. The van der Waals surface area contributed by atoms with E-state index in [1.165, 1.54) is 25.9 Å². The highest BCUT2D eigenvalue weighted by molar-refractivity contribution is 6.11. The van der Waals surface area contributed by atoms with Crippen LogP contribution in [-0.2, 0) is 0 Å². The summed E-state index contributed by atoms with van der Waals surface area (Å²) in [6, 6.07) is 0. The lowest BCUT2D eigenvalue weighted by molar-refractivity contribution is 0.277. The van der Waals surface area contributed by atoms with E-state index in [9.17, 15) is 0 Å². The maximum absolute atomic E-state index is 5.67. The van der Waals surface area contributed by atoms with Crippen LogP contribution in [-0.4, -0.2) is 32.9 Å². The van der Waals surface area contributed by atoms with Crippen LogP contribution in [0, 0.1) is 0 Å². The molecule has 0 aliphatic carbocycles. The SMILES string of the molecule is [B]C1CCN(C)CC1. The Morgan fingerprint density at radius 1 is 1.38 bits per heavy atom. The molecule has 0 bridgehead atoms. The van der Waals surface area contributed by atoms with Crippen LogP contribution in [0.3, 0.4) is 0 Å². The minimum atomic E-state index is 0.478. The molecule has 1 fully saturated rings. The fourth-order valence-electron chi connectivity index (χ4n) is 1.03. The summed E-state index contributed by atoms with van der Waals surface area (Å²) >= 11 is 0. The zero-order valence-corrected chi connectivity index (χ0v) is 5.43. The van der Waals surface area contributed by atoms with Crippen LogP contribution in [0.2, 0.25) is 5.82 Å². The molecular formula is C6H12BN. The average Bonchev–Trinajstić information content (AvgIpc) is 1.77. The number of hydrogen-bond acceptors (Lipinski definition) is 1. The molecular weight excluding hydrogens is 96.9 g/mol. The van der Waals surface area contributed by atoms with Crippen molar-refractivity contribution in [2.45, 2.75) is 18.7 Å². The third kappa shape index (κ3) is 1.51. The lowest BCUT2D eigenvalue weighted by Crippen LogP contribution is -2.27. The van der Waals surface area contributed by atoms with Crippen LogP contribution in [0.15, 0.2) is 0 Å². The quantitative estimate of drug-likeness (QED) is 0.413. The van der Waals surface area contributed by atoms with Crippen molar-refractivity contribution >= 4 is 7.85 Å². The zero-order valence-electron chi connectivity index (χ0n) is 5.43. The molecule has 0 aromatic carbocycles. The average molecular weight is 109 g/mol. The number of hydrogen-bond donors (Lipinski definition) is 0. The lowest BCUT2D eigenvalue weighted by Gasteiger charge is -2.26. The molecule has 2 heteroatoms. The molecule has 1 aliphatic heterocycles. The van der Waals surface area contributed by atoms with Gasteiger partial charge in [-0.1, -0.05) is 5.82 Å². The third-order valence-corrected chi connectivity index (χ3v) is 1.76. The predicted molar refractivity (Wildman–Crippen MR) is 36.2 cm³/mol. The van der Waals surface area contributed by atoms with Gasteiger partial charge in [-0.25, -0.2) is 0 Å². The molecule has 1 saturated heterocycles. The summed E-state index contributed by atoms with van der Waals surface area (Å²) in [4.78, 5) is 2.32. The van der Waals surface area contributed by atoms with Gasteiger partial charge in [-0.2, -0.15) is 0 Å². The minimum Gasteiger partial charge on any atom is -0.306 e. The van der Waals surface area contributed by atoms with Gasteiger partial charge in [-0.05, 0) is 33.0 Å². The third-order valence-electron chi connectivity index (χ3n) is 1.76. The van der Waals surface area contributed by atoms with E-state index in [2.05, 4.69) is 11.9 Å². The number of nitrogens with zero attached hydrogens (tertiary/aromatic N) is 1. The van der Waals surface area contributed by atoms with Gasteiger partial charge >= 0.3 is 0 Å². The van der Waals surface area contributed by atoms with Crippen LogP contribution in [0.1, 0.15) is 12.8 Å². The van der Waals surface area contributed by atoms with Crippen LogP contribution in [0.5, 0.6) is 0 Å². The molecule has 1 heterocycles. The standard InChI is InChI=1S/C6H12BN/c1-8-4-2-6(7)3-5-8/h6H,2-5H2,1H3. The van der Waals surface area contributed by atoms with Gasteiger partial charge in [0.25, 0.3) is 0 Å². The highest BCUT2D eigenvalue weighted by atomic mass is 15.1. The fraction of sp³-hybridized carbons (Fsp3) is 1.00. The first-order chi connectivity index (χ1) is 3.79. The van der Waals surface area contributed by atoms with E-state index >= 15 is 0 Å². The van der Waals surface area contributed by atoms with E-state index in [-0.39, 0.29) is 0 Å². The predicted octanol–water partition coefficient (Wildman–Crippen LogP) is 0.669. The molecule has 0 N–H and O–H groups in total. The Balaban J connectivity index is 2.19. The molecule has 1 rings (SSSR count). The molecule has 0 saturated carbocycles. The van der Waals surface area contributed by atoms with E-state index in [0.717, 1.165) is 0 Å². The topological polar surface area (TPSA) is 3.24 Å². The Kier molecular flexibility index (Phi) is 1.95. The Morgan fingerprint density at radius 3 is 2.25 bits per heavy atom. The highest BCUT2D eigenvalue weighted by Crippen LogP contribution is 2.16. The van der Waals surface area contributed by atoms with Crippen molar-refractivity contribution < 1.29 is 0 Å². The van der Waals surface area contributed by atoms with Crippen LogP contribution in [0.4, 0.5) is 0 Å². The van der Waals surface area contributed by atoms with E-state index in [1.807, 2.05) is 0 Å². The molecule has 44 valence electrons. The molecule has 0 amide bonds. The van der Waals surface area contributed by atoms with Gasteiger partial charge in [0.15, 0.2) is 0 Å². The number of likely N-dealkylation sites (tertiary alicyclic amines) is 1. The summed E-state index contributed by atoms with van der Waals surface area (Å²) in [5.41, 5.74) is 0. The van der Waals surface area contributed by atoms with Crippen LogP contribution in [0.25, 0.3) is 0 Å². The number of piperidine rings is 1. The Morgan fingerprint density at radius 2 is 1.88 bits per heavy atom. The van der Waals surface area contributed by atoms with Crippen LogP contribution < -0.4 is 0 Å². The van der Waals surface area contributed by atoms with Crippen molar-refractivity contribution in [1.82, 2.24) is 4.90 Å². The van der Waals surface area contributed by atoms with Crippen LogP contribution >= 0.6 is 0 Å². The van der Waals surface area contributed by atoms with Gasteiger partial charge in [-0.3, -0.25) is 0 Å². The molecule has 0 spiro atoms. The van der Waals surface area contributed by atoms with Crippen molar-refractivity contribution in [3.8, 4) is 0 Å². The van der Waals surface area contributed by atoms with Crippen molar-refractivity contribution in [2.75, 3.05) is 20.1 Å². The van der Waals surface area contributed by atoms with Crippen molar-refractivity contribution in [1.29, 1.82) is 0 Å². The maximum Gasteiger partial charge on any atom is 0.0700 e. The largest absolute Gasteiger partial charge is 0.306 e. The van der Waals surface area contributed by atoms with Gasteiger partial charge in [0, 0.05) is 0 Å². The summed E-state index contributed by atoms with van der Waals surface area (Å²) in [6.07, 6.45) is 2.35. The highest BCUT2D eigenvalue weighted by Gasteiger charge is 2.10. The van der Waals surface area contributed by atoms with E-state index < -0.39 is 0 Å². The van der Waals surface area contributed by atoms with E-state index in [1.54, 1.807) is 0 Å². The summed E-state index contributed by atoms with van der Waals surface area (Å²) in [6.45, 7) is 2.36. The summed E-state index contributed by atoms with van der Waals surface area (Å²) < 4.78 is 0. The Hall–Kier alpha value is 0.0249. The molecule has 0 aromatic rings. The molecule has 0 atom stereocenters. The van der Waals surface area contributed by atoms with Crippen molar-refractivity contribution in [3.63, 3.8) is 0 Å². The summed E-state index contributed by atoms with van der Waals surface area (Å²) in [5, 5.41) is 0. The lowest BCUT2D eigenvalue weighted by atomic mass is 9.80. The smallest absolute Gasteiger partial charge is 0.0700 e. The molecule has 0 aromatic heterocycles. The minimum absolute atomic E-state index is 0.478. The fourth-order valence-corrected chi connectivity index (χ4v) is 1.03. The Labute approximate surface area is 52.5 Å². The molecule has 1 nitrogen and oxygen atoms in total. The van der Waals surface area contributed by atoms with Crippen molar-refractivity contribution in [3.05, 3.63) is 0 Å². The first-order valence-corrected chi connectivity index (χ1v) is 3.23.